The van der Waals surface area contributed by atoms with Gasteiger partial charge in [0.25, 0.3) is 5.56 Å². The first kappa shape index (κ1) is 13.5. The van der Waals surface area contributed by atoms with Crippen molar-refractivity contribution < 1.29 is 0 Å². The van der Waals surface area contributed by atoms with Gasteiger partial charge < -0.3 is 11.1 Å². The molecule has 0 aliphatic rings. The number of nitrogens with two attached hydrogens (primary N) is 1. The van der Waals surface area contributed by atoms with Crippen LogP contribution in [-0.2, 0) is 6.54 Å². The molecule has 6 heteroatoms. The monoisotopic (exact) mass is 270 g/mol. The number of hydrogen-bond donors (Lipinski definition) is 3. The van der Waals surface area contributed by atoms with E-state index >= 15 is 0 Å². The second-order valence-corrected chi connectivity index (χ2v) is 4.15. The number of terminal acetylenes is 1. The molecule has 0 aliphatic carbocycles. The Bertz CT molecular complexity index is 753. The van der Waals surface area contributed by atoms with Crippen LogP contribution in [0, 0.1) is 12.3 Å². The maximum absolute atomic E-state index is 11.9. The van der Waals surface area contributed by atoms with Crippen LogP contribution in [-0.4, -0.2) is 16.1 Å². The first-order chi connectivity index (χ1) is 9.63. The van der Waals surface area contributed by atoms with Crippen molar-refractivity contribution in [3.05, 3.63) is 56.7 Å². The molecule has 2 rings (SSSR count). The summed E-state index contributed by atoms with van der Waals surface area (Å²) >= 11 is 0. The molecular weight excluding hydrogens is 256 g/mol. The minimum Gasteiger partial charge on any atom is -0.383 e. The third-order valence-corrected chi connectivity index (χ3v) is 2.79. The smallest absolute Gasteiger partial charge is 0.330 e. The number of benzene rings is 1. The highest BCUT2D eigenvalue weighted by Gasteiger charge is 2.11. The molecule has 1 heterocycles. The molecule has 1 aromatic carbocycles. The lowest BCUT2D eigenvalue weighted by Crippen LogP contribution is -2.34. The Hall–Kier alpha value is -2.94. The number of H-pyrrole nitrogens is 1. The summed E-state index contributed by atoms with van der Waals surface area (Å²) in [5.41, 5.74) is 5.76. The molecule has 0 radical (unpaired) electrons. The Morgan fingerprint density at radius 3 is 2.65 bits per heavy atom. The molecule has 0 amide bonds. The topological polar surface area (TPSA) is 92.9 Å². The van der Waals surface area contributed by atoms with Crippen molar-refractivity contribution in [1.82, 2.24) is 9.55 Å². The highest BCUT2D eigenvalue weighted by Crippen LogP contribution is 2.11. The number of nitrogens with one attached hydrogen (secondary N) is 2. The van der Waals surface area contributed by atoms with Gasteiger partial charge in [0.1, 0.15) is 11.5 Å². The van der Waals surface area contributed by atoms with Crippen molar-refractivity contribution in [3.63, 3.8) is 0 Å². The lowest BCUT2D eigenvalue weighted by molar-refractivity contribution is 0.734. The van der Waals surface area contributed by atoms with Crippen molar-refractivity contribution in [2.75, 3.05) is 17.6 Å². The van der Waals surface area contributed by atoms with E-state index in [4.69, 9.17) is 12.2 Å². The average Bonchev–Trinajstić information content (AvgIpc) is 2.44. The maximum atomic E-state index is 11.9. The van der Waals surface area contributed by atoms with Gasteiger partial charge in [0.2, 0.25) is 0 Å². The number of anilines is 2. The summed E-state index contributed by atoms with van der Waals surface area (Å²) in [6.07, 6.45) is 5.13. The molecule has 20 heavy (non-hydrogen) atoms. The zero-order chi connectivity index (χ0) is 14.5. The zero-order valence-electron chi connectivity index (χ0n) is 10.7. The van der Waals surface area contributed by atoms with Gasteiger partial charge in [-0.05, 0) is 5.56 Å². The summed E-state index contributed by atoms with van der Waals surface area (Å²) < 4.78 is 1.29. The van der Waals surface area contributed by atoms with Crippen LogP contribution < -0.4 is 22.3 Å². The summed E-state index contributed by atoms with van der Waals surface area (Å²) in [6, 6.07) is 9.33. The van der Waals surface area contributed by atoms with Crippen molar-refractivity contribution >= 4 is 11.5 Å². The molecule has 0 spiro atoms. The fourth-order valence-corrected chi connectivity index (χ4v) is 1.82. The molecule has 1 aromatic heterocycles. The van der Waals surface area contributed by atoms with E-state index < -0.39 is 11.2 Å². The molecular formula is C14H14N4O2. The Balaban J connectivity index is 2.46. The minimum atomic E-state index is -0.577. The van der Waals surface area contributed by atoms with Gasteiger partial charge in [-0.25, -0.2) is 4.79 Å². The van der Waals surface area contributed by atoms with Crippen molar-refractivity contribution in [1.29, 1.82) is 0 Å². The quantitative estimate of drug-likeness (QED) is 0.692. The minimum absolute atomic E-state index is 0.0675. The summed E-state index contributed by atoms with van der Waals surface area (Å²) in [7, 11) is 0. The van der Waals surface area contributed by atoms with Crippen LogP contribution in [0.25, 0.3) is 0 Å². The normalized spacial score (nSPS) is 9.95. The first-order valence-corrected chi connectivity index (χ1v) is 5.97. The number of nitrogens with zero attached hydrogens (tertiary/aromatic N) is 1. The Kier molecular flexibility index (Phi) is 3.91. The Morgan fingerprint density at radius 2 is 2.00 bits per heavy atom. The first-order valence-electron chi connectivity index (χ1n) is 5.97. The number of nitrogen functional groups attached to an aromatic ring is 1. The van der Waals surface area contributed by atoms with Crippen LogP contribution in [0.3, 0.4) is 0 Å². The molecule has 4 N–H and O–H groups in total. The van der Waals surface area contributed by atoms with Gasteiger partial charge in [0.15, 0.2) is 0 Å². The van der Waals surface area contributed by atoms with Gasteiger partial charge >= 0.3 is 5.69 Å². The molecule has 0 bridgehead atoms. The number of hydrogen-bond acceptors (Lipinski definition) is 4. The molecule has 0 unspecified atom stereocenters. The lowest BCUT2D eigenvalue weighted by Gasteiger charge is -2.12. The van der Waals surface area contributed by atoms with E-state index in [1.165, 1.54) is 4.57 Å². The molecule has 0 atom stereocenters. The van der Waals surface area contributed by atoms with Crippen LogP contribution >= 0.6 is 0 Å². The van der Waals surface area contributed by atoms with Crippen LogP contribution in [0.15, 0.2) is 39.9 Å². The predicted molar refractivity (Wildman–Crippen MR) is 78.6 cm³/mol. The van der Waals surface area contributed by atoms with E-state index in [0.29, 0.717) is 0 Å². The largest absolute Gasteiger partial charge is 0.383 e. The third-order valence-electron chi connectivity index (χ3n) is 2.79. The molecule has 0 fully saturated rings. The molecule has 0 saturated heterocycles. The van der Waals surface area contributed by atoms with E-state index in [1.54, 1.807) is 0 Å². The Labute approximate surface area is 115 Å². The number of aromatic nitrogens is 2. The molecule has 102 valence electrons. The highest BCUT2D eigenvalue weighted by atomic mass is 16.2. The standard InChI is InChI=1S/C14H14N4O2/c1-2-8-16-11-12(15)18(14(20)17-13(11)19)9-10-6-4-3-5-7-10/h1,3-7,16H,8-9,15H2,(H,17,19,20). The summed E-state index contributed by atoms with van der Waals surface area (Å²) in [6.45, 7) is 0.420. The fraction of sp³-hybridized carbons (Fsp3) is 0.143. The summed E-state index contributed by atoms with van der Waals surface area (Å²) in [5, 5.41) is 2.72. The van der Waals surface area contributed by atoms with E-state index in [0.717, 1.165) is 5.56 Å². The van der Waals surface area contributed by atoms with Crippen molar-refractivity contribution in [3.8, 4) is 12.3 Å². The van der Waals surface area contributed by atoms with Gasteiger partial charge in [-0.2, -0.15) is 0 Å². The van der Waals surface area contributed by atoms with Gasteiger partial charge in [-0.3, -0.25) is 14.3 Å². The second kappa shape index (κ2) is 5.80. The van der Waals surface area contributed by atoms with Crippen molar-refractivity contribution in [2.24, 2.45) is 0 Å². The molecule has 0 aliphatic heterocycles. The van der Waals surface area contributed by atoms with E-state index in [1.807, 2.05) is 30.3 Å². The predicted octanol–water partition coefficient (Wildman–Crippen LogP) is 0.212. The molecule has 2 aromatic rings. The highest BCUT2D eigenvalue weighted by molar-refractivity contribution is 5.61. The van der Waals surface area contributed by atoms with Crippen molar-refractivity contribution in [2.45, 2.75) is 6.54 Å². The third kappa shape index (κ3) is 2.72. The van der Waals surface area contributed by atoms with E-state index in [-0.39, 0.29) is 24.6 Å². The van der Waals surface area contributed by atoms with Gasteiger partial charge in [0.05, 0.1) is 13.1 Å². The summed E-state index contributed by atoms with van der Waals surface area (Å²) in [5.74, 6) is 2.42. The molecule has 6 nitrogen and oxygen atoms in total. The van der Waals surface area contributed by atoms with Gasteiger partial charge in [-0.15, -0.1) is 6.42 Å². The van der Waals surface area contributed by atoms with Gasteiger partial charge in [-0.1, -0.05) is 36.3 Å². The van der Waals surface area contributed by atoms with Crippen LogP contribution in [0.1, 0.15) is 5.56 Å². The second-order valence-electron chi connectivity index (χ2n) is 4.15. The summed E-state index contributed by atoms with van der Waals surface area (Å²) in [4.78, 5) is 25.8. The average molecular weight is 270 g/mol. The number of rotatable bonds is 4. The SMILES string of the molecule is C#CCNc1c(N)n(Cc2ccccc2)c(=O)[nH]c1=O. The lowest BCUT2D eigenvalue weighted by atomic mass is 10.2. The maximum Gasteiger partial charge on any atom is 0.330 e. The van der Waals surface area contributed by atoms with Crippen LogP contribution in [0.5, 0.6) is 0 Å². The molecule has 0 saturated carbocycles. The van der Waals surface area contributed by atoms with Crippen LogP contribution in [0.4, 0.5) is 11.5 Å². The van der Waals surface area contributed by atoms with Crippen LogP contribution in [0.2, 0.25) is 0 Å². The number of aromatic amines is 1. The van der Waals surface area contributed by atoms with E-state index in [9.17, 15) is 9.59 Å². The zero-order valence-corrected chi connectivity index (χ0v) is 10.7. The fourth-order valence-electron chi connectivity index (χ4n) is 1.82. The Morgan fingerprint density at radius 1 is 1.30 bits per heavy atom. The van der Waals surface area contributed by atoms with Gasteiger partial charge in [0, 0.05) is 0 Å². The van der Waals surface area contributed by atoms with E-state index in [2.05, 4.69) is 16.2 Å².